The number of nitrogens with zero attached hydrogens (tertiary/aromatic N) is 1. The van der Waals surface area contributed by atoms with E-state index in [1.807, 2.05) is 6.92 Å². The van der Waals surface area contributed by atoms with Gasteiger partial charge in [-0.2, -0.15) is 13.2 Å². The molecule has 0 aliphatic carbocycles. The van der Waals surface area contributed by atoms with Gasteiger partial charge in [0.2, 0.25) is 0 Å². The number of nitrogens with one attached hydrogen (secondary N) is 1. The molecule has 0 spiro atoms. The van der Waals surface area contributed by atoms with E-state index >= 15 is 0 Å². The summed E-state index contributed by atoms with van der Waals surface area (Å²) in [6, 6.07) is 5.03. The third kappa shape index (κ3) is 7.98. The van der Waals surface area contributed by atoms with Crippen LogP contribution < -0.4 is 15.8 Å². The van der Waals surface area contributed by atoms with Crippen molar-refractivity contribution in [3.63, 3.8) is 0 Å². The Hall–Kier alpha value is -1.19. The minimum atomic E-state index is -4.37. The van der Waals surface area contributed by atoms with Gasteiger partial charge in [-0.1, -0.05) is 12.1 Å². The molecule has 0 unspecified atom stereocenters. The average Bonchev–Trinajstić information content (AvgIpc) is 2.34. The third-order valence-electron chi connectivity index (χ3n) is 2.39. The quantitative estimate of drug-likeness (QED) is 0.440. The first-order valence-electron chi connectivity index (χ1n) is 6.14. The second-order valence-electron chi connectivity index (χ2n) is 4.25. The number of nitrogens with two attached hydrogens (primary N) is 1. The molecule has 3 N–H and O–H groups in total. The molecule has 0 aliphatic heterocycles. The van der Waals surface area contributed by atoms with Crippen LogP contribution in [0.2, 0.25) is 0 Å². The summed E-state index contributed by atoms with van der Waals surface area (Å²) < 4.78 is 41.4. The van der Waals surface area contributed by atoms with Crippen molar-refractivity contribution < 1.29 is 17.9 Å². The summed E-state index contributed by atoms with van der Waals surface area (Å²) in [6.07, 6.45) is -4.37. The molecule has 1 rings (SSSR count). The van der Waals surface area contributed by atoms with Gasteiger partial charge in [0.25, 0.3) is 0 Å². The number of hydrogen-bond acceptors (Lipinski definition) is 2. The van der Waals surface area contributed by atoms with Crippen molar-refractivity contribution in [2.24, 2.45) is 10.7 Å². The standard InChI is InChI=1S/C13H18F3N3O.HI/c1-3-18-12(17)19-7-10-5-4-9(2)6-11(10)20-8-13(14,15)16;/h4-6H,3,7-8H2,1-2H3,(H3,17,18,19);1H. The molecular weight excluding hydrogens is 398 g/mol. The Morgan fingerprint density at radius 2 is 2.05 bits per heavy atom. The highest BCUT2D eigenvalue weighted by Crippen LogP contribution is 2.24. The number of benzene rings is 1. The lowest BCUT2D eigenvalue weighted by Crippen LogP contribution is -2.31. The average molecular weight is 417 g/mol. The van der Waals surface area contributed by atoms with Crippen molar-refractivity contribution in [1.29, 1.82) is 0 Å². The van der Waals surface area contributed by atoms with E-state index in [-0.39, 0.29) is 42.2 Å². The maximum Gasteiger partial charge on any atom is 0.422 e. The molecule has 4 nitrogen and oxygen atoms in total. The monoisotopic (exact) mass is 417 g/mol. The maximum absolute atomic E-state index is 12.2. The van der Waals surface area contributed by atoms with Crippen molar-refractivity contribution in [1.82, 2.24) is 5.32 Å². The number of aryl methyl sites for hydroxylation is 1. The molecule has 8 heteroatoms. The predicted octanol–water partition coefficient (Wildman–Crippen LogP) is 2.98. The lowest BCUT2D eigenvalue weighted by molar-refractivity contribution is -0.153. The summed E-state index contributed by atoms with van der Waals surface area (Å²) in [5.74, 6) is 0.421. The number of halogens is 4. The van der Waals surface area contributed by atoms with Gasteiger partial charge in [0.05, 0.1) is 6.54 Å². The van der Waals surface area contributed by atoms with Gasteiger partial charge < -0.3 is 15.8 Å². The number of alkyl halides is 3. The number of guanidine groups is 1. The maximum atomic E-state index is 12.2. The molecule has 1 aromatic rings. The van der Waals surface area contributed by atoms with Crippen molar-refractivity contribution >= 4 is 29.9 Å². The number of ether oxygens (including phenoxy) is 1. The van der Waals surface area contributed by atoms with Crippen molar-refractivity contribution in [3.8, 4) is 5.75 Å². The van der Waals surface area contributed by atoms with E-state index < -0.39 is 12.8 Å². The molecule has 0 amide bonds. The Labute approximate surface area is 139 Å². The molecule has 0 saturated carbocycles. The van der Waals surface area contributed by atoms with Crippen LogP contribution in [0.1, 0.15) is 18.1 Å². The summed E-state index contributed by atoms with van der Waals surface area (Å²) in [4.78, 5) is 4.04. The molecule has 21 heavy (non-hydrogen) atoms. The highest BCUT2D eigenvalue weighted by Gasteiger charge is 2.28. The predicted molar refractivity (Wildman–Crippen MR) is 87.1 cm³/mol. The zero-order valence-corrected chi connectivity index (χ0v) is 14.2. The first kappa shape index (κ1) is 19.8. The smallest absolute Gasteiger partial charge is 0.422 e. The normalized spacial score (nSPS) is 11.8. The molecule has 0 bridgehead atoms. The summed E-state index contributed by atoms with van der Waals surface area (Å²) >= 11 is 0. The molecule has 120 valence electrons. The fourth-order valence-corrected chi connectivity index (χ4v) is 1.49. The Kier molecular flexibility index (Phi) is 8.45. The van der Waals surface area contributed by atoms with Crippen LogP contribution in [0.15, 0.2) is 23.2 Å². The highest BCUT2D eigenvalue weighted by molar-refractivity contribution is 14.0. The van der Waals surface area contributed by atoms with Gasteiger partial charge in [-0.25, -0.2) is 4.99 Å². The molecule has 0 saturated heterocycles. The van der Waals surface area contributed by atoms with Gasteiger partial charge >= 0.3 is 6.18 Å². The van der Waals surface area contributed by atoms with E-state index in [2.05, 4.69) is 10.3 Å². The topological polar surface area (TPSA) is 59.6 Å². The van der Waals surface area contributed by atoms with Gasteiger partial charge in [0.1, 0.15) is 5.75 Å². The largest absolute Gasteiger partial charge is 0.484 e. The first-order valence-corrected chi connectivity index (χ1v) is 6.14. The second kappa shape index (κ2) is 8.96. The van der Waals surface area contributed by atoms with E-state index in [1.165, 1.54) is 0 Å². The van der Waals surface area contributed by atoms with Crippen LogP contribution >= 0.6 is 24.0 Å². The van der Waals surface area contributed by atoms with Crippen molar-refractivity contribution in [3.05, 3.63) is 29.3 Å². The highest BCUT2D eigenvalue weighted by atomic mass is 127. The third-order valence-corrected chi connectivity index (χ3v) is 2.39. The summed E-state index contributed by atoms with van der Waals surface area (Å²) in [5.41, 5.74) is 6.94. The molecule has 0 atom stereocenters. The molecule has 0 heterocycles. The van der Waals surface area contributed by atoms with Crippen molar-refractivity contribution in [2.45, 2.75) is 26.6 Å². The Morgan fingerprint density at radius 3 is 2.62 bits per heavy atom. The van der Waals surface area contributed by atoms with Crippen molar-refractivity contribution in [2.75, 3.05) is 13.2 Å². The summed E-state index contributed by atoms with van der Waals surface area (Å²) in [5, 5.41) is 2.81. The lowest BCUT2D eigenvalue weighted by Gasteiger charge is -2.13. The minimum absolute atomic E-state index is 0. The van der Waals surface area contributed by atoms with Crippen LogP contribution in [0.5, 0.6) is 5.75 Å². The van der Waals surface area contributed by atoms with Crippen LogP contribution in [0.25, 0.3) is 0 Å². The Balaban J connectivity index is 0.00000400. The minimum Gasteiger partial charge on any atom is -0.484 e. The first-order chi connectivity index (χ1) is 9.31. The molecular formula is C13H19F3IN3O. The van der Waals surface area contributed by atoms with Gasteiger partial charge in [0, 0.05) is 12.1 Å². The van der Waals surface area contributed by atoms with Gasteiger partial charge in [0.15, 0.2) is 12.6 Å². The van der Waals surface area contributed by atoms with E-state index in [4.69, 9.17) is 10.5 Å². The molecule has 1 aromatic carbocycles. The summed E-state index contributed by atoms with van der Waals surface area (Å²) in [6.45, 7) is 3.11. The SMILES string of the molecule is CCNC(N)=NCc1ccc(C)cc1OCC(F)(F)F.I. The zero-order valence-electron chi connectivity index (χ0n) is 11.8. The van der Waals surface area contributed by atoms with Crippen LogP contribution in [-0.4, -0.2) is 25.3 Å². The van der Waals surface area contributed by atoms with Gasteiger partial charge in [-0.15, -0.1) is 24.0 Å². The molecule has 0 radical (unpaired) electrons. The van der Waals surface area contributed by atoms with E-state index in [1.54, 1.807) is 25.1 Å². The zero-order chi connectivity index (χ0) is 15.2. The number of hydrogen-bond donors (Lipinski definition) is 2. The number of rotatable bonds is 5. The molecule has 0 fully saturated rings. The lowest BCUT2D eigenvalue weighted by atomic mass is 10.1. The second-order valence-corrected chi connectivity index (χ2v) is 4.25. The van der Waals surface area contributed by atoms with Gasteiger partial charge in [-0.3, -0.25) is 0 Å². The van der Waals surface area contributed by atoms with Gasteiger partial charge in [-0.05, 0) is 25.5 Å². The summed E-state index contributed by atoms with van der Waals surface area (Å²) in [7, 11) is 0. The van der Waals surface area contributed by atoms with Crippen LogP contribution in [0, 0.1) is 6.92 Å². The fraction of sp³-hybridized carbons (Fsp3) is 0.462. The molecule has 0 aromatic heterocycles. The molecule has 0 aliphatic rings. The Morgan fingerprint density at radius 1 is 1.38 bits per heavy atom. The fourth-order valence-electron chi connectivity index (χ4n) is 1.49. The van der Waals surface area contributed by atoms with Crippen LogP contribution in [0.4, 0.5) is 13.2 Å². The van der Waals surface area contributed by atoms with Crippen LogP contribution in [0.3, 0.4) is 0 Å². The van der Waals surface area contributed by atoms with E-state index in [0.29, 0.717) is 12.1 Å². The number of aliphatic imine (C=N–C) groups is 1. The van der Waals surface area contributed by atoms with Crippen LogP contribution in [-0.2, 0) is 6.54 Å². The Bertz CT molecular complexity index is 478. The van der Waals surface area contributed by atoms with E-state index in [0.717, 1.165) is 5.56 Å². The van der Waals surface area contributed by atoms with E-state index in [9.17, 15) is 13.2 Å².